The van der Waals surface area contributed by atoms with E-state index in [2.05, 4.69) is 27.2 Å². The number of thiophene rings is 1. The van der Waals surface area contributed by atoms with Gasteiger partial charge in [-0.15, -0.1) is 11.3 Å². The van der Waals surface area contributed by atoms with E-state index in [0.29, 0.717) is 43.0 Å². The molecule has 0 saturated carbocycles. The molecule has 0 amide bonds. The summed E-state index contributed by atoms with van der Waals surface area (Å²) in [6.07, 6.45) is 4.55. The fourth-order valence-electron chi connectivity index (χ4n) is 4.16. The van der Waals surface area contributed by atoms with Crippen LogP contribution in [-0.2, 0) is 13.6 Å². The van der Waals surface area contributed by atoms with Crippen molar-refractivity contribution in [2.45, 2.75) is 19.9 Å². The average molecular weight is 499 g/mol. The Balaban J connectivity index is 1.87. The zero-order chi connectivity index (χ0) is 25.6. The average Bonchev–Trinajstić information content (AvgIpc) is 3.45. The molecular weight excluding hydrogens is 480 g/mol. The summed E-state index contributed by atoms with van der Waals surface area (Å²) in [5.41, 5.74) is 1.55. The topological polar surface area (TPSA) is 144 Å². The van der Waals surface area contributed by atoms with E-state index >= 15 is 0 Å². The van der Waals surface area contributed by atoms with Crippen LogP contribution in [0.4, 0.5) is 0 Å². The number of nitriles is 2. The van der Waals surface area contributed by atoms with E-state index in [-0.39, 0.29) is 18.7 Å². The smallest absolute Gasteiger partial charge is 0.336 e. The zero-order valence-electron chi connectivity index (χ0n) is 19.5. The van der Waals surface area contributed by atoms with Gasteiger partial charge in [0.2, 0.25) is 0 Å². The van der Waals surface area contributed by atoms with Crippen molar-refractivity contribution in [3.05, 3.63) is 62.9 Å². The van der Waals surface area contributed by atoms with E-state index < -0.39 is 11.2 Å². The molecule has 0 aliphatic rings. The van der Waals surface area contributed by atoms with E-state index in [4.69, 9.17) is 4.74 Å². The first-order valence-electron chi connectivity index (χ1n) is 10.8. The molecule has 178 valence electrons. The summed E-state index contributed by atoms with van der Waals surface area (Å²) >= 11 is 1.14. The first-order valence-corrected chi connectivity index (χ1v) is 11.6. The predicted octanol–water partition coefficient (Wildman–Crippen LogP) is 2.66. The predicted molar refractivity (Wildman–Crippen MR) is 133 cm³/mol. The summed E-state index contributed by atoms with van der Waals surface area (Å²) in [5.74, 6) is 0.450. The van der Waals surface area contributed by atoms with Crippen molar-refractivity contribution < 1.29 is 4.74 Å². The van der Waals surface area contributed by atoms with Crippen LogP contribution in [0, 0.1) is 29.6 Å². The van der Waals surface area contributed by atoms with Crippen LogP contribution < -0.4 is 16.0 Å². The third kappa shape index (κ3) is 3.43. The maximum absolute atomic E-state index is 13.8. The van der Waals surface area contributed by atoms with Crippen molar-refractivity contribution in [1.29, 1.82) is 10.5 Å². The van der Waals surface area contributed by atoms with Crippen LogP contribution in [0.15, 0.2) is 40.3 Å². The highest BCUT2D eigenvalue weighted by molar-refractivity contribution is 7.22. The van der Waals surface area contributed by atoms with E-state index in [1.807, 2.05) is 6.92 Å². The number of methoxy groups -OCH3 is 1. The van der Waals surface area contributed by atoms with Crippen molar-refractivity contribution in [3.63, 3.8) is 0 Å². The minimum Gasteiger partial charge on any atom is -0.495 e. The van der Waals surface area contributed by atoms with Gasteiger partial charge in [0.25, 0.3) is 5.56 Å². The number of fused-ring (bicyclic) bond motifs is 2. The number of hydrogen-bond donors (Lipinski definition) is 0. The van der Waals surface area contributed by atoms with Crippen LogP contribution in [0.5, 0.6) is 5.75 Å². The Bertz CT molecular complexity index is 1880. The number of nitrogens with zero attached hydrogens (tertiary/aromatic N) is 8. The molecule has 5 aromatic rings. The maximum atomic E-state index is 13.8. The third-order valence-electron chi connectivity index (χ3n) is 5.99. The van der Waals surface area contributed by atoms with Crippen LogP contribution in [0.1, 0.15) is 17.8 Å². The Morgan fingerprint density at radius 3 is 2.69 bits per heavy atom. The Labute approximate surface area is 207 Å². The standard InChI is InChI=1S/C24H18N8O3S/c1-13-21-17(29-30(13)2)11-27-12-19(21)32-23(33)22-18(31(24(32)34)6-4-5-25)8-20(36-22)15-7-14(35-3)10-28-16(15)9-26/h7-8,10-12H,4,6H2,1-3H3. The second-order valence-corrected chi connectivity index (χ2v) is 9.00. The first kappa shape index (κ1) is 23.0. The number of pyridine rings is 2. The summed E-state index contributed by atoms with van der Waals surface area (Å²) in [6.45, 7) is 1.93. The Morgan fingerprint density at radius 2 is 1.97 bits per heavy atom. The lowest BCUT2D eigenvalue weighted by molar-refractivity contribution is 0.413. The fraction of sp³-hybridized carbons (Fsp3) is 0.208. The molecule has 11 nitrogen and oxygen atoms in total. The minimum absolute atomic E-state index is 0.0664. The monoisotopic (exact) mass is 498 g/mol. The van der Waals surface area contributed by atoms with Gasteiger partial charge < -0.3 is 4.74 Å². The van der Waals surface area contributed by atoms with Gasteiger partial charge >= 0.3 is 5.69 Å². The van der Waals surface area contributed by atoms with Gasteiger partial charge in [0.05, 0.1) is 54.8 Å². The minimum atomic E-state index is -0.589. The molecule has 0 spiro atoms. The lowest BCUT2D eigenvalue weighted by Crippen LogP contribution is -2.38. The molecule has 36 heavy (non-hydrogen) atoms. The second kappa shape index (κ2) is 8.76. The van der Waals surface area contributed by atoms with Gasteiger partial charge in [0.1, 0.15) is 27.7 Å². The van der Waals surface area contributed by atoms with E-state index in [9.17, 15) is 20.1 Å². The molecule has 0 N–H and O–H groups in total. The molecule has 0 aromatic carbocycles. The van der Waals surface area contributed by atoms with Crippen LogP contribution in [0.2, 0.25) is 0 Å². The lowest BCUT2D eigenvalue weighted by atomic mass is 10.1. The van der Waals surface area contributed by atoms with Crippen LogP contribution in [0.25, 0.3) is 37.2 Å². The van der Waals surface area contributed by atoms with Crippen molar-refractivity contribution >= 4 is 32.5 Å². The summed E-state index contributed by atoms with van der Waals surface area (Å²) in [4.78, 5) is 36.4. The number of hydrogen-bond acceptors (Lipinski definition) is 9. The number of rotatable bonds is 5. The van der Waals surface area contributed by atoms with Crippen molar-refractivity contribution in [3.8, 4) is 34.0 Å². The highest BCUT2D eigenvalue weighted by Crippen LogP contribution is 2.35. The number of aromatic nitrogens is 6. The third-order valence-corrected chi connectivity index (χ3v) is 7.14. The second-order valence-electron chi connectivity index (χ2n) is 7.95. The van der Waals surface area contributed by atoms with Crippen molar-refractivity contribution in [1.82, 2.24) is 28.9 Å². The van der Waals surface area contributed by atoms with Gasteiger partial charge in [-0.25, -0.2) is 14.3 Å². The molecule has 0 bridgehead atoms. The number of aryl methyl sites for hydroxylation is 3. The number of ether oxygens (including phenoxy) is 1. The first-order chi connectivity index (χ1) is 17.4. The van der Waals surface area contributed by atoms with Crippen molar-refractivity contribution in [2.24, 2.45) is 7.05 Å². The van der Waals surface area contributed by atoms with Gasteiger partial charge in [-0.1, -0.05) is 0 Å². The summed E-state index contributed by atoms with van der Waals surface area (Å²) in [5, 5.41) is 23.8. The molecule has 0 radical (unpaired) electrons. The largest absolute Gasteiger partial charge is 0.495 e. The van der Waals surface area contributed by atoms with Crippen LogP contribution in [0.3, 0.4) is 0 Å². The van der Waals surface area contributed by atoms with Crippen LogP contribution in [-0.4, -0.2) is 36.0 Å². The van der Waals surface area contributed by atoms with Gasteiger partial charge in [0.15, 0.2) is 0 Å². The Morgan fingerprint density at radius 1 is 1.17 bits per heavy atom. The van der Waals surface area contributed by atoms with E-state index in [1.54, 1.807) is 30.1 Å². The fourth-order valence-corrected chi connectivity index (χ4v) is 5.27. The quantitative estimate of drug-likeness (QED) is 0.360. The summed E-state index contributed by atoms with van der Waals surface area (Å²) in [7, 11) is 3.27. The lowest BCUT2D eigenvalue weighted by Gasteiger charge is -2.11. The van der Waals surface area contributed by atoms with E-state index in [1.165, 1.54) is 24.1 Å². The molecule has 0 aliphatic heterocycles. The van der Waals surface area contributed by atoms with Gasteiger partial charge in [-0.05, 0) is 19.1 Å². The molecule has 0 unspecified atom stereocenters. The molecule has 5 aromatic heterocycles. The summed E-state index contributed by atoms with van der Waals surface area (Å²) < 4.78 is 9.71. The summed E-state index contributed by atoms with van der Waals surface area (Å²) in [6, 6.07) is 7.45. The van der Waals surface area contributed by atoms with Gasteiger partial charge in [-0.3, -0.25) is 19.0 Å². The highest BCUT2D eigenvalue weighted by atomic mass is 32.1. The van der Waals surface area contributed by atoms with Gasteiger partial charge in [0, 0.05) is 29.7 Å². The molecule has 0 fully saturated rings. The maximum Gasteiger partial charge on any atom is 0.336 e. The van der Waals surface area contributed by atoms with Crippen molar-refractivity contribution in [2.75, 3.05) is 7.11 Å². The van der Waals surface area contributed by atoms with Crippen LogP contribution >= 0.6 is 11.3 Å². The normalized spacial score (nSPS) is 11.0. The highest BCUT2D eigenvalue weighted by Gasteiger charge is 2.22. The zero-order valence-corrected chi connectivity index (χ0v) is 20.3. The molecule has 0 atom stereocenters. The molecule has 0 aliphatic carbocycles. The Hall–Kier alpha value is -4.81. The molecular formula is C24H18N8O3S. The molecule has 0 saturated heterocycles. The molecule has 5 heterocycles. The SMILES string of the molecule is COc1cnc(C#N)c(-c2cc3c(s2)c(=O)n(-c2cncc4nn(C)c(C)c24)c(=O)n3CCC#N)c1. The Kier molecular flexibility index (Phi) is 5.59. The van der Waals surface area contributed by atoms with E-state index in [0.717, 1.165) is 21.6 Å². The molecule has 5 rings (SSSR count). The molecule has 12 heteroatoms. The van der Waals surface area contributed by atoms with Gasteiger partial charge in [-0.2, -0.15) is 15.6 Å².